The average molecular weight is 387 g/mol. The normalized spacial score (nSPS) is 14.3. The van der Waals surface area contributed by atoms with Crippen molar-refractivity contribution in [2.75, 3.05) is 5.32 Å². The van der Waals surface area contributed by atoms with Gasteiger partial charge in [-0.15, -0.1) is 11.3 Å². The lowest BCUT2D eigenvalue weighted by Gasteiger charge is -2.18. The summed E-state index contributed by atoms with van der Waals surface area (Å²) in [5.74, 6) is -0.0645. The fraction of sp³-hybridized carbons (Fsp3) is 0.429. The standard InChI is InChI=1S/C21H26N2O3S/c1-4-16(26-14-10-9-12(2)13(3)11-14)20(25)23-21-18(19(22)24)15-7-5-6-8-17(15)27-21/h9-11,16H,4-8H2,1-3H3,(H2,22,24)(H,23,25)/t16-/m1/s1. The zero-order chi connectivity index (χ0) is 19.6. The minimum atomic E-state index is -0.632. The minimum Gasteiger partial charge on any atom is -0.481 e. The number of thiophene rings is 1. The van der Waals surface area contributed by atoms with Gasteiger partial charge in [-0.1, -0.05) is 13.0 Å². The highest BCUT2D eigenvalue weighted by atomic mass is 32.1. The van der Waals surface area contributed by atoms with Crippen LogP contribution >= 0.6 is 11.3 Å². The van der Waals surface area contributed by atoms with E-state index in [4.69, 9.17) is 10.5 Å². The van der Waals surface area contributed by atoms with E-state index in [0.717, 1.165) is 41.7 Å². The largest absolute Gasteiger partial charge is 0.481 e. The van der Waals surface area contributed by atoms with Gasteiger partial charge in [0, 0.05) is 4.88 Å². The quantitative estimate of drug-likeness (QED) is 0.783. The van der Waals surface area contributed by atoms with Crippen molar-refractivity contribution in [2.45, 2.75) is 59.0 Å². The maximum Gasteiger partial charge on any atom is 0.266 e. The number of amides is 2. The molecule has 2 amide bonds. The molecular formula is C21H26N2O3S. The summed E-state index contributed by atoms with van der Waals surface area (Å²) in [7, 11) is 0. The van der Waals surface area contributed by atoms with E-state index in [0.29, 0.717) is 22.7 Å². The fourth-order valence-electron chi connectivity index (χ4n) is 3.38. The van der Waals surface area contributed by atoms with E-state index >= 15 is 0 Å². The molecule has 3 N–H and O–H groups in total. The molecule has 0 radical (unpaired) electrons. The Bertz CT molecular complexity index is 873. The number of hydrogen-bond donors (Lipinski definition) is 2. The number of carbonyl (C=O) groups is 2. The Morgan fingerprint density at radius 3 is 2.63 bits per heavy atom. The van der Waals surface area contributed by atoms with Crippen molar-refractivity contribution in [1.82, 2.24) is 0 Å². The maximum atomic E-state index is 12.8. The maximum absolute atomic E-state index is 12.8. The van der Waals surface area contributed by atoms with Gasteiger partial charge in [-0.2, -0.15) is 0 Å². The Kier molecular flexibility index (Phi) is 5.85. The summed E-state index contributed by atoms with van der Waals surface area (Å²) in [6.45, 7) is 5.95. The van der Waals surface area contributed by atoms with E-state index in [9.17, 15) is 9.59 Å². The van der Waals surface area contributed by atoms with Crippen LogP contribution in [-0.4, -0.2) is 17.9 Å². The van der Waals surface area contributed by atoms with Gasteiger partial charge >= 0.3 is 0 Å². The second kappa shape index (κ2) is 8.13. The predicted molar refractivity (Wildman–Crippen MR) is 109 cm³/mol. The number of rotatable bonds is 6. The van der Waals surface area contributed by atoms with Crippen molar-refractivity contribution in [3.05, 3.63) is 45.3 Å². The molecular weight excluding hydrogens is 360 g/mol. The number of benzene rings is 1. The van der Waals surface area contributed by atoms with Crippen molar-refractivity contribution >= 4 is 28.2 Å². The third kappa shape index (κ3) is 4.16. The first-order chi connectivity index (χ1) is 12.9. The SMILES string of the molecule is CC[C@@H](Oc1ccc(C)c(C)c1)C(=O)Nc1sc2c(c1C(N)=O)CCCC2. The van der Waals surface area contributed by atoms with Crippen molar-refractivity contribution in [3.63, 3.8) is 0 Å². The van der Waals surface area contributed by atoms with Crippen LogP contribution in [0, 0.1) is 13.8 Å². The first-order valence-electron chi connectivity index (χ1n) is 9.39. The summed E-state index contributed by atoms with van der Waals surface area (Å²) in [5, 5.41) is 3.46. The number of ether oxygens (including phenoxy) is 1. The molecule has 27 heavy (non-hydrogen) atoms. The van der Waals surface area contributed by atoms with E-state index in [-0.39, 0.29) is 5.91 Å². The van der Waals surface area contributed by atoms with Gasteiger partial charge in [0.15, 0.2) is 6.10 Å². The molecule has 0 fully saturated rings. The Morgan fingerprint density at radius 2 is 1.96 bits per heavy atom. The summed E-state index contributed by atoms with van der Waals surface area (Å²) in [6.07, 6.45) is 3.82. The smallest absolute Gasteiger partial charge is 0.266 e. The van der Waals surface area contributed by atoms with Gasteiger partial charge in [-0.3, -0.25) is 9.59 Å². The Morgan fingerprint density at radius 1 is 1.22 bits per heavy atom. The monoisotopic (exact) mass is 386 g/mol. The van der Waals surface area contributed by atoms with Crippen molar-refractivity contribution in [3.8, 4) is 5.75 Å². The van der Waals surface area contributed by atoms with Crippen LogP contribution in [0.4, 0.5) is 5.00 Å². The summed E-state index contributed by atoms with van der Waals surface area (Å²) in [6, 6.07) is 5.79. The molecule has 0 saturated carbocycles. The van der Waals surface area contributed by atoms with E-state index in [1.807, 2.05) is 39.0 Å². The van der Waals surface area contributed by atoms with Crippen LogP contribution < -0.4 is 15.8 Å². The second-order valence-corrected chi connectivity index (χ2v) is 8.13. The number of anilines is 1. The van der Waals surface area contributed by atoms with Crippen LogP contribution in [0.1, 0.15) is 58.1 Å². The molecule has 1 heterocycles. The van der Waals surface area contributed by atoms with Crippen molar-refractivity contribution in [1.29, 1.82) is 0 Å². The van der Waals surface area contributed by atoms with E-state index in [1.54, 1.807) is 0 Å². The van der Waals surface area contributed by atoms with Crippen LogP contribution in [0.5, 0.6) is 5.75 Å². The Hall–Kier alpha value is -2.34. The third-order valence-electron chi connectivity index (χ3n) is 5.07. The molecule has 3 rings (SSSR count). The number of fused-ring (bicyclic) bond motifs is 1. The molecule has 1 atom stereocenters. The number of carbonyl (C=O) groups excluding carboxylic acids is 2. The van der Waals surface area contributed by atoms with E-state index in [2.05, 4.69) is 5.32 Å². The number of hydrogen-bond acceptors (Lipinski definition) is 4. The fourth-order valence-corrected chi connectivity index (χ4v) is 4.68. The van der Waals surface area contributed by atoms with Gasteiger partial charge in [0.05, 0.1) is 5.56 Å². The van der Waals surface area contributed by atoms with E-state index in [1.165, 1.54) is 16.9 Å². The molecule has 144 valence electrons. The summed E-state index contributed by atoms with van der Waals surface area (Å²) in [5.41, 5.74) is 9.39. The number of nitrogens with two attached hydrogens (primary N) is 1. The van der Waals surface area contributed by atoms with Gasteiger partial charge in [0.1, 0.15) is 10.8 Å². The lowest BCUT2D eigenvalue weighted by Crippen LogP contribution is -2.32. The zero-order valence-corrected chi connectivity index (χ0v) is 16.9. The highest BCUT2D eigenvalue weighted by Crippen LogP contribution is 2.38. The summed E-state index contributed by atoms with van der Waals surface area (Å²) < 4.78 is 5.91. The molecule has 1 aromatic heterocycles. The van der Waals surface area contributed by atoms with Crippen LogP contribution in [-0.2, 0) is 17.6 Å². The number of aryl methyl sites for hydroxylation is 3. The molecule has 5 nitrogen and oxygen atoms in total. The molecule has 0 aliphatic heterocycles. The van der Waals surface area contributed by atoms with Crippen LogP contribution in [0.3, 0.4) is 0 Å². The van der Waals surface area contributed by atoms with Gasteiger partial charge < -0.3 is 15.8 Å². The van der Waals surface area contributed by atoms with Gasteiger partial charge in [-0.05, 0) is 74.8 Å². The summed E-state index contributed by atoms with van der Waals surface area (Å²) >= 11 is 1.47. The third-order valence-corrected chi connectivity index (χ3v) is 6.28. The molecule has 0 unspecified atom stereocenters. The topological polar surface area (TPSA) is 81.4 Å². The van der Waals surface area contributed by atoms with Gasteiger partial charge in [0.2, 0.25) is 0 Å². The molecule has 1 aliphatic rings. The van der Waals surface area contributed by atoms with Crippen molar-refractivity contribution < 1.29 is 14.3 Å². The number of nitrogens with one attached hydrogen (secondary N) is 1. The molecule has 0 bridgehead atoms. The highest BCUT2D eigenvalue weighted by Gasteiger charge is 2.27. The Labute approximate surface area is 163 Å². The van der Waals surface area contributed by atoms with Crippen molar-refractivity contribution in [2.24, 2.45) is 5.73 Å². The lowest BCUT2D eigenvalue weighted by molar-refractivity contribution is -0.122. The minimum absolute atomic E-state index is 0.253. The van der Waals surface area contributed by atoms with Crippen LogP contribution in [0.25, 0.3) is 0 Å². The molecule has 1 aromatic carbocycles. The molecule has 0 spiro atoms. The second-order valence-electron chi connectivity index (χ2n) is 7.03. The first kappa shape index (κ1) is 19.4. The zero-order valence-electron chi connectivity index (χ0n) is 16.1. The molecule has 1 aliphatic carbocycles. The highest BCUT2D eigenvalue weighted by molar-refractivity contribution is 7.17. The predicted octanol–water partition coefficient (Wildman–Crippen LogP) is 4.14. The summed E-state index contributed by atoms with van der Waals surface area (Å²) in [4.78, 5) is 25.9. The van der Waals surface area contributed by atoms with Gasteiger partial charge in [0.25, 0.3) is 11.8 Å². The first-order valence-corrected chi connectivity index (χ1v) is 10.2. The van der Waals surface area contributed by atoms with Gasteiger partial charge in [-0.25, -0.2) is 0 Å². The van der Waals surface area contributed by atoms with Crippen LogP contribution in [0.2, 0.25) is 0 Å². The molecule has 6 heteroatoms. The average Bonchev–Trinajstić information content (AvgIpc) is 3.00. The van der Waals surface area contributed by atoms with E-state index < -0.39 is 12.0 Å². The lowest BCUT2D eigenvalue weighted by atomic mass is 9.95. The molecule has 2 aromatic rings. The molecule has 0 saturated heterocycles. The Balaban J connectivity index is 1.79. The van der Waals surface area contributed by atoms with Crippen LogP contribution in [0.15, 0.2) is 18.2 Å². The number of primary amides is 1.